The average molecular weight is 388 g/mol. The summed E-state index contributed by atoms with van der Waals surface area (Å²) in [6, 6.07) is 26.9. The zero-order valence-electron chi connectivity index (χ0n) is 15.0. The molecule has 0 bridgehead atoms. The van der Waals surface area contributed by atoms with Gasteiger partial charge in [0.1, 0.15) is 6.54 Å². The number of para-hydroxylation sites is 1. The summed E-state index contributed by atoms with van der Waals surface area (Å²) < 4.78 is 0. The Bertz CT molecular complexity index is 1030. The molecule has 6 heteroatoms. The molecule has 1 aliphatic rings. The van der Waals surface area contributed by atoms with E-state index >= 15 is 0 Å². The largest absolute Gasteiger partial charge is 0.272 e. The summed E-state index contributed by atoms with van der Waals surface area (Å²) in [4.78, 5) is 16.6. The second-order valence-electron chi connectivity index (χ2n) is 6.35. The normalized spacial score (nSPS) is 17.5. The van der Waals surface area contributed by atoms with Crippen LogP contribution in [0.25, 0.3) is 5.70 Å². The summed E-state index contributed by atoms with van der Waals surface area (Å²) >= 11 is 1.60. The topological polar surface area (TPSA) is 59.9 Å². The number of hydrogen-bond acceptors (Lipinski definition) is 4. The highest BCUT2D eigenvalue weighted by atomic mass is 32.2. The molecule has 0 aliphatic carbocycles. The van der Waals surface area contributed by atoms with E-state index in [0.29, 0.717) is 0 Å². The van der Waals surface area contributed by atoms with Crippen LogP contribution in [0, 0.1) is 10.1 Å². The lowest BCUT2D eigenvalue weighted by Gasteiger charge is -2.16. The molecule has 1 unspecified atom stereocenters. The number of hydrogen-bond donors (Lipinski definition) is 1. The van der Waals surface area contributed by atoms with Gasteiger partial charge in [0.05, 0.1) is 10.6 Å². The van der Waals surface area contributed by atoms with Crippen molar-refractivity contribution in [3.8, 4) is 0 Å². The summed E-state index contributed by atoms with van der Waals surface area (Å²) in [5.74, 6) is 0. The van der Waals surface area contributed by atoms with Gasteiger partial charge in [-0.25, -0.2) is 4.90 Å². The van der Waals surface area contributed by atoms with Crippen LogP contribution in [-0.4, -0.2) is 10.1 Å². The van der Waals surface area contributed by atoms with Gasteiger partial charge >= 0.3 is 0 Å². The van der Waals surface area contributed by atoms with Gasteiger partial charge < -0.3 is 0 Å². The van der Waals surface area contributed by atoms with Gasteiger partial charge in [0, 0.05) is 28.7 Å². The second-order valence-corrected chi connectivity index (χ2v) is 7.20. The third kappa shape index (κ3) is 4.03. The van der Waals surface area contributed by atoms with Gasteiger partial charge in [-0.15, -0.1) is 0 Å². The Labute approximate surface area is 167 Å². The lowest BCUT2D eigenvalue weighted by atomic mass is 10.1. The van der Waals surface area contributed by atoms with Crippen molar-refractivity contribution in [2.75, 3.05) is 0 Å². The van der Waals surface area contributed by atoms with Gasteiger partial charge in [-0.1, -0.05) is 48.5 Å². The van der Waals surface area contributed by atoms with E-state index in [1.807, 2.05) is 48.5 Å². The maximum absolute atomic E-state index is 11.0. The van der Waals surface area contributed by atoms with Crippen LogP contribution in [0.2, 0.25) is 0 Å². The minimum Gasteiger partial charge on any atom is -0.258 e. The molecule has 0 spiro atoms. The summed E-state index contributed by atoms with van der Waals surface area (Å²) in [6.45, 7) is 0.752. The highest BCUT2D eigenvalue weighted by molar-refractivity contribution is 8.16. The molecule has 0 saturated heterocycles. The minimum atomic E-state index is -0.377. The molecule has 1 atom stereocenters. The van der Waals surface area contributed by atoms with Crippen molar-refractivity contribution in [3.63, 3.8) is 0 Å². The Hall–Kier alpha value is -3.22. The number of quaternary nitrogens is 1. The zero-order valence-corrected chi connectivity index (χ0v) is 15.8. The lowest BCUT2D eigenvalue weighted by Crippen LogP contribution is -3.08. The van der Waals surface area contributed by atoms with Crippen LogP contribution >= 0.6 is 11.8 Å². The van der Waals surface area contributed by atoms with E-state index in [-0.39, 0.29) is 10.6 Å². The number of amidine groups is 1. The molecule has 1 N–H and O–H groups in total. The van der Waals surface area contributed by atoms with E-state index < -0.39 is 0 Å². The Balaban J connectivity index is 1.68. The number of non-ortho nitro benzene ring substituents is 1. The predicted octanol–water partition coefficient (Wildman–Crippen LogP) is 4.41. The van der Waals surface area contributed by atoms with Crippen molar-refractivity contribution in [1.82, 2.24) is 0 Å². The van der Waals surface area contributed by atoms with Crippen molar-refractivity contribution >= 4 is 34.0 Å². The molecule has 0 aromatic heterocycles. The quantitative estimate of drug-likeness (QED) is 0.520. The second kappa shape index (κ2) is 8.21. The van der Waals surface area contributed by atoms with Gasteiger partial charge in [-0.05, 0) is 36.0 Å². The van der Waals surface area contributed by atoms with Crippen LogP contribution in [0.1, 0.15) is 11.1 Å². The Morgan fingerprint density at radius 3 is 2.18 bits per heavy atom. The van der Waals surface area contributed by atoms with Gasteiger partial charge in [-0.3, -0.25) is 10.1 Å². The zero-order chi connectivity index (χ0) is 19.3. The molecular weight excluding hydrogens is 370 g/mol. The third-order valence-electron chi connectivity index (χ3n) is 4.47. The first kappa shape index (κ1) is 18.2. The SMILES string of the molecule is O=[N+]([O-])c1ccc(C2=CSC(=Nc3ccccc3)[NH+]2Cc2ccccc2)cc1. The number of nitro benzene ring substituents is 1. The molecule has 3 aromatic rings. The molecule has 0 saturated carbocycles. The van der Waals surface area contributed by atoms with E-state index in [9.17, 15) is 10.1 Å². The van der Waals surface area contributed by atoms with Crippen LogP contribution in [0.3, 0.4) is 0 Å². The number of nitro groups is 1. The molecule has 28 heavy (non-hydrogen) atoms. The molecule has 0 radical (unpaired) electrons. The van der Waals surface area contributed by atoms with E-state index in [4.69, 9.17) is 4.99 Å². The van der Waals surface area contributed by atoms with Crippen LogP contribution in [0.15, 0.2) is 95.3 Å². The van der Waals surface area contributed by atoms with Crippen molar-refractivity contribution in [1.29, 1.82) is 0 Å². The Kier molecular flexibility index (Phi) is 5.32. The summed E-state index contributed by atoms with van der Waals surface area (Å²) in [5, 5.41) is 14.0. The van der Waals surface area contributed by atoms with Crippen LogP contribution < -0.4 is 4.90 Å². The van der Waals surface area contributed by atoms with Crippen LogP contribution in [0.5, 0.6) is 0 Å². The van der Waals surface area contributed by atoms with Crippen molar-refractivity contribution < 1.29 is 9.82 Å². The number of nitrogens with zero attached hydrogens (tertiary/aromatic N) is 2. The fourth-order valence-electron chi connectivity index (χ4n) is 3.06. The van der Waals surface area contributed by atoms with Crippen LogP contribution in [0.4, 0.5) is 11.4 Å². The summed E-state index contributed by atoms with van der Waals surface area (Å²) in [6.07, 6.45) is 0. The molecule has 3 aromatic carbocycles. The maximum Gasteiger partial charge on any atom is 0.272 e. The molecule has 4 rings (SSSR count). The van der Waals surface area contributed by atoms with Crippen molar-refractivity contribution in [3.05, 3.63) is 112 Å². The third-order valence-corrected chi connectivity index (χ3v) is 5.39. The number of nitrogens with one attached hydrogen (secondary N) is 1. The van der Waals surface area contributed by atoms with E-state index in [1.54, 1.807) is 36.0 Å². The van der Waals surface area contributed by atoms with E-state index in [0.717, 1.165) is 33.6 Å². The molecule has 1 heterocycles. The first-order valence-electron chi connectivity index (χ1n) is 8.86. The Morgan fingerprint density at radius 2 is 1.54 bits per heavy atom. The summed E-state index contributed by atoms with van der Waals surface area (Å²) in [7, 11) is 0. The van der Waals surface area contributed by atoms with Gasteiger partial charge in [-0.2, -0.15) is 4.99 Å². The first-order valence-corrected chi connectivity index (χ1v) is 9.74. The minimum absolute atomic E-state index is 0.0952. The molecule has 138 valence electrons. The highest BCUT2D eigenvalue weighted by Crippen LogP contribution is 2.24. The Morgan fingerprint density at radius 1 is 0.893 bits per heavy atom. The molecule has 1 aliphatic heterocycles. The fraction of sp³-hybridized carbons (Fsp3) is 0.0455. The maximum atomic E-state index is 11.0. The molecule has 0 amide bonds. The van der Waals surface area contributed by atoms with Crippen LogP contribution in [-0.2, 0) is 6.54 Å². The van der Waals surface area contributed by atoms with Gasteiger partial charge in [0.15, 0.2) is 5.70 Å². The smallest absolute Gasteiger partial charge is 0.258 e. The highest BCUT2D eigenvalue weighted by Gasteiger charge is 2.31. The van der Waals surface area contributed by atoms with Gasteiger partial charge in [0.2, 0.25) is 0 Å². The number of benzene rings is 3. The predicted molar refractivity (Wildman–Crippen MR) is 113 cm³/mol. The summed E-state index contributed by atoms with van der Waals surface area (Å²) in [5.41, 5.74) is 4.24. The lowest BCUT2D eigenvalue weighted by molar-refractivity contribution is -0.733. The molecule has 0 fully saturated rings. The molecular formula is C22H18N3O2S+. The average Bonchev–Trinajstić information content (AvgIpc) is 3.11. The number of thioether (sulfide) groups is 1. The van der Waals surface area contributed by atoms with E-state index in [2.05, 4.69) is 17.5 Å². The first-order chi connectivity index (χ1) is 13.7. The monoisotopic (exact) mass is 388 g/mol. The van der Waals surface area contributed by atoms with Crippen molar-refractivity contribution in [2.45, 2.75) is 6.54 Å². The number of rotatable bonds is 5. The number of aliphatic imine (C=N–C) groups is 1. The fourth-order valence-corrected chi connectivity index (χ4v) is 4.05. The standard InChI is InChI=1S/C22H17N3O2S/c26-25(27)20-13-11-18(12-14-20)21-16-28-22(23-19-9-5-2-6-10-19)24(21)15-17-7-3-1-4-8-17/h1-14,16H,15H2/p+1. The van der Waals surface area contributed by atoms with Gasteiger partial charge in [0.25, 0.3) is 10.9 Å². The van der Waals surface area contributed by atoms with E-state index in [1.165, 1.54) is 5.56 Å². The molecule has 5 nitrogen and oxygen atoms in total. The van der Waals surface area contributed by atoms with Crippen molar-refractivity contribution in [2.24, 2.45) is 4.99 Å².